The largest absolute Gasteiger partial charge is 0.501 e. The first-order valence-electron chi connectivity index (χ1n) is 4.40. The van der Waals surface area contributed by atoms with Gasteiger partial charge in [0, 0.05) is 5.75 Å². The quantitative estimate of drug-likeness (QED) is 0.331. The maximum Gasteiger partial charge on any atom is 0.307 e. The minimum absolute atomic E-state index is 0.179. The van der Waals surface area contributed by atoms with E-state index in [4.69, 9.17) is 14.9 Å². The van der Waals surface area contributed by atoms with E-state index in [1.54, 1.807) is 6.08 Å². The Morgan fingerprint density at radius 2 is 2.07 bits per heavy atom. The van der Waals surface area contributed by atoms with Gasteiger partial charge in [0.15, 0.2) is 0 Å². The molecule has 0 aromatic carbocycles. The monoisotopic (exact) mass is 234 g/mol. The van der Waals surface area contributed by atoms with Crippen LogP contribution in [0.25, 0.3) is 0 Å². The second-order valence-corrected chi connectivity index (χ2v) is 3.21. The average molecular weight is 234 g/mol. The summed E-state index contributed by atoms with van der Waals surface area (Å²) in [6.07, 6.45) is 2.89. The third-order valence-electron chi connectivity index (χ3n) is 1.65. The number of carbonyl (C=O) groups is 2. The van der Waals surface area contributed by atoms with Gasteiger partial charge < -0.3 is 14.9 Å². The summed E-state index contributed by atoms with van der Waals surface area (Å²) in [5.41, 5.74) is 0. The van der Waals surface area contributed by atoms with Gasteiger partial charge in [-0.15, -0.1) is 0 Å². The summed E-state index contributed by atoms with van der Waals surface area (Å²) in [6.45, 7) is 0.189. The number of carboxylic acids is 2. The Kier molecular flexibility index (Phi) is 7.53. The van der Waals surface area contributed by atoms with Gasteiger partial charge in [-0.1, -0.05) is 0 Å². The highest BCUT2D eigenvalue weighted by Gasteiger charge is 2.20. The summed E-state index contributed by atoms with van der Waals surface area (Å²) in [4.78, 5) is 20.9. The van der Waals surface area contributed by atoms with Crippen molar-refractivity contribution in [3.8, 4) is 0 Å². The van der Waals surface area contributed by atoms with Crippen LogP contribution in [0.5, 0.6) is 0 Å². The van der Waals surface area contributed by atoms with E-state index in [1.165, 1.54) is 6.26 Å². The molecule has 6 heteroatoms. The first-order chi connectivity index (χ1) is 7.07. The molecule has 0 aliphatic carbocycles. The molecule has 5 nitrogen and oxygen atoms in total. The SMILES string of the molecule is O=C(O)CC(CCOC=CCS)C(=O)O. The number of aliphatic carboxylic acids is 2. The van der Waals surface area contributed by atoms with Crippen LogP contribution in [-0.4, -0.2) is 34.5 Å². The Hall–Kier alpha value is -1.17. The van der Waals surface area contributed by atoms with Crippen molar-refractivity contribution >= 4 is 24.6 Å². The number of ether oxygens (including phenoxy) is 1. The third kappa shape index (κ3) is 7.87. The molecule has 0 aromatic heterocycles. The molecule has 0 aliphatic heterocycles. The van der Waals surface area contributed by atoms with Gasteiger partial charge in [0.1, 0.15) is 0 Å². The summed E-state index contributed by atoms with van der Waals surface area (Å²) in [6, 6.07) is 0. The molecule has 86 valence electrons. The van der Waals surface area contributed by atoms with Crippen molar-refractivity contribution in [3.05, 3.63) is 12.3 Å². The van der Waals surface area contributed by atoms with E-state index in [9.17, 15) is 9.59 Å². The second-order valence-electron chi connectivity index (χ2n) is 2.85. The lowest BCUT2D eigenvalue weighted by Crippen LogP contribution is -2.19. The van der Waals surface area contributed by atoms with E-state index in [0.717, 1.165) is 0 Å². The summed E-state index contributed by atoms with van der Waals surface area (Å²) in [7, 11) is 0. The zero-order valence-corrected chi connectivity index (χ0v) is 9.02. The van der Waals surface area contributed by atoms with E-state index < -0.39 is 17.9 Å². The fraction of sp³-hybridized carbons (Fsp3) is 0.556. The Labute approximate surface area is 93.1 Å². The standard InChI is InChI=1S/C9H14O5S/c10-8(11)6-7(9(12)13)2-4-14-3-1-5-15/h1,3,7,15H,2,4-6H2,(H,10,11)(H,12,13). The highest BCUT2D eigenvalue weighted by atomic mass is 32.1. The van der Waals surface area contributed by atoms with Gasteiger partial charge in [-0.3, -0.25) is 9.59 Å². The van der Waals surface area contributed by atoms with Crippen LogP contribution in [0, 0.1) is 5.92 Å². The third-order valence-corrected chi connectivity index (χ3v) is 1.86. The Morgan fingerprint density at radius 3 is 2.53 bits per heavy atom. The Bertz CT molecular complexity index is 239. The van der Waals surface area contributed by atoms with Crippen molar-refractivity contribution in [2.75, 3.05) is 12.4 Å². The summed E-state index contributed by atoms with van der Waals surface area (Å²) in [5.74, 6) is -2.59. The van der Waals surface area contributed by atoms with Crippen LogP contribution in [0.4, 0.5) is 0 Å². The van der Waals surface area contributed by atoms with E-state index in [0.29, 0.717) is 5.75 Å². The zero-order valence-electron chi connectivity index (χ0n) is 8.13. The van der Waals surface area contributed by atoms with Gasteiger partial charge in [-0.25, -0.2) is 0 Å². The molecule has 15 heavy (non-hydrogen) atoms. The van der Waals surface area contributed by atoms with Crippen LogP contribution in [0.1, 0.15) is 12.8 Å². The molecule has 0 fully saturated rings. The molecule has 0 radical (unpaired) electrons. The smallest absolute Gasteiger partial charge is 0.307 e. The van der Waals surface area contributed by atoms with Crippen molar-refractivity contribution in [2.45, 2.75) is 12.8 Å². The molecule has 0 saturated carbocycles. The maximum atomic E-state index is 10.6. The van der Waals surface area contributed by atoms with Crippen molar-refractivity contribution in [3.63, 3.8) is 0 Å². The molecule has 1 atom stereocenters. The first-order valence-corrected chi connectivity index (χ1v) is 5.03. The van der Waals surface area contributed by atoms with Gasteiger partial charge in [-0.2, -0.15) is 12.6 Å². The van der Waals surface area contributed by atoms with Crippen molar-refractivity contribution in [2.24, 2.45) is 5.92 Å². The van der Waals surface area contributed by atoms with Crippen molar-refractivity contribution < 1.29 is 24.5 Å². The molecule has 0 saturated heterocycles. The lowest BCUT2D eigenvalue weighted by molar-refractivity contribution is -0.148. The van der Waals surface area contributed by atoms with Gasteiger partial charge >= 0.3 is 11.9 Å². The molecule has 1 unspecified atom stereocenters. The lowest BCUT2D eigenvalue weighted by Gasteiger charge is -2.08. The van der Waals surface area contributed by atoms with Crippen LogP contribution < -0.4 is 0 Å². The summed E-state index contributed by atoms with van der Waals surface area (Å²) in [5, 5.41) is 17.1. The molecule has 0 spiro atoms. The Balaban J connectivity index is 3.81. The fourth-order valence-corrected chi connectivity index (χ4v) is 0.999. The molecule has 0 aliphatic rings. The van der Waals surface area contributed by atoms with Crippen LogP contribution in [-0.2, 0) is 14.3 Å². The van der Waals surface area contributed by atoms with Crippen molar-refractivity contribution in [1.82, 2.24) is 0 Å². The first kappa shape index (κ1) is 13.8. The summed E-state index contributed by atoms with van der Waals surface area (Å²) >= 11 is 3.90. The predicted molar refractivity (Wildman–Crippen MR) is 56.9 cm³/mol. The highest BCUT2D eigenvalue weighted by Crippen LogP contribution is 2.09. The van der Waals surface area contributed by atoms with E-state index in [-0.39, 0.29) is 19.4 Å². The predicted octanol–water partition coefficient (Wildman–Crippen LogP) is 1.01. The zero-order chi connectivity index (χ0) is 11.7. The fourth-order valence-electron chi connectivity index (χ4n) is 0.913. The van der Waals surface area contributed by atoms with Crippen LogP contribution in [0.2, 0.25) is 0 Å². The summed E-state index contributed by atoms with van der Waals surface area (Å²) < 4.78 is 4.95. The van der Waals surface area contributed by atoms with Crippen molar-refractivity contribution in [1.29, 1.82) is 0 Å². The number of hydrogen-bond donors (Lipinski definition) is 3. The Morgan fingerprint density at radius 1 is 1.40 bits per heavy atom. The number of carboxylic acid groups (broad SMARTS) is 2. The van der Waals surface area contributed by atoms with E-state index in [2.05, 4.69) is 12.6 Å². The minimum atomic E-state index is -1.12. The van der Waals surface area contributed by atoms with Crippen LogP contribution >= 0.6 is 12.6 Å². The molecule has 0 aromatic rings. The number of thiol groups is 1. The molecule has 0 bridgehead atoms. The number of rotatable bonds is 8. The normalized spacial score (nSPS) is 12.6. The second kappa shape index (κ2) is 8.16. The average Bonchev–Trinajstić information content (AvgIpc) is 2.15. The highest BCUT2D eigenvalue weighted by molar-refractivity contribution is 7.80. The van der Waals surface area contributed by atoms with E-state index >= 15 is 0 Å². The van der Waals surface area contributed by atoms with Crippen LogP contribution in [0.15, 0.2) is 12.3 Å². The molecule has 0 rings (SSSR count). The van der Waals surface area contributed by atoms with Gasteiger partial charge in [-0.05, 0) is 12.5 Å². The minimum Gasteiger partial charge on any atom is -0.501 e. The number of hydrogen-bond acceptors (Lipinski definition) is 4. The molecule has 0 amide bonds. The lowest BCUT2D eigenvalue weighted by atomic mass is 10.0. The molecule has 0 heterocycles. The topological polar surface area (TPSA) is 83.8 Å². The van der Waals surface area contributed by atoms with Crippen LogP contribution in [0.3, 0.4) is 0 Å². The molecular weight excluding hydrogens is 220 g/mol. The van der Waals surface area contributed by atoms with Gasteiger partial charge in [0.25, 0.3) is 0 Å². The molecular formula is C9H14O5S. The molecule has 2 N–H and O–H groups in total. The van der Waals surface area contributed by atoms with E-state index in [1.807, 2.05) is 0 Å². The van der Waals surface area contributed by atoms with Gasteiger partial charge in [0.05, 0.1) is 25.2 Å². The maximum absolute atomic E-state index is 10.6. The van der Waals surface area contributed by atoms with Gasteiger partial charge in [0.2, 0.25) is 0 Å².